The van der Waals surface area contributed by atoms with Crippen molar-refractivity contribution in [3.8, 4) is 0 Å². The van der Waals surface area contributed by atoms with Crippen molar-refractivity contribution in [3.05, 3.63) is 68.5 Å². The first-order valence-electron chi connectivity index (χ1n) is 17.5. The second kappa shape index (κ2) is 17.2. The molecule has 7 heterocycles. The van der Waals surface area contributed by atoms with E-state index in [9.17, 15) is 58.8 Å². The van der Waals surface area contributed by atoms with Gasteiger partial charge in [-0.15, -0.1) is 0 Å². The Morgan fingerprint density at radius 1 is 0.800 bits per heavy atom. The maximum Gasteiger partial charge on any atom is 0.472 e. The highest BCUT2D eigenvalue weighted by molar-refractivity contribution is 7.47. The number of imidazole rings is 1. The van der Waals surface area contributed by atoms with Crippen LogP contribution in [0.4, 0.5) is 11.6 Å². The van der Waals surface area contributed by atoms with Crippen molar-refractivity contribution in [1.29, 1.82) is 0 Å². The van der Waals surface area contributed by atoms with Gasteiger partial charge in [-0.3, -0.25) is 41.6 Å². The van der Waals surface area contributed by atoms with E-state index >= 15 is 0 Å². The summed E-state index contributed by atoms with van der Waals surface area (Å²) in [6.07, 6.45) is -16.1. The van der Waals surface area contributed by atoms with Crippen molar-refractivity contribution in [2.24, 2.45) is 0 Å². The zero-order chi connectivity index (χ0) is 43.3. The molecule has 4 aromatic heterocycles. The fourth-order valence-electron chi connectivity index (χ4n) is 6.71. The third kappa shape index (κ3) is 8.70. The molecule has 4 aromatic rings. The van der Waals surface area contributed by atoms with Gasteiger partial charge in [0.15, 0.2) is 30.1 Å². The Labute approximate surface area is 333 Å². The first-order valence-corrected chi connectivity index (χ1v) is 20.5. The van der Waals surface area contributed by atoms with Crippen LogP contribution in [0, 0.1) is 0 Å². The number of hydrogen-bond donors (Lipinski definition) is 10. The molecule has 0 spiro atoms. The summed E-state index contributed by atoms with van der Waals surface area (Å²) >= 11 is 0. The van der Waals surface area contributed by atoms with E-state index in [1.165, 1.54) is 17.2 Å². The fourth-order valence-corrected chi connectivity index (χ4v) is 8.64. The lowest BCUT2D eigenvalue weighted by atomic mass is 10.1. The molecular weight excluding hydrogens is 854 g/mol. The summed E-state index contributed by atoms with van der Waals surface area (Å²) < 4.78 is 66.8. The molecule has 3 fully saturated rings. The van der Waals surface area contributed by atoms with Gasteiger partial charge in [-0.2, -0.15) is 4.98 Å². The number of H-pyrrole nitrogens is 1. The number of aliphatic hydroxyl groups excluding tert-OH is 5. The predicted molar refractivity (Wildman–Crippen MR) is 193 cm³/mol. The van der Waals surface area contributed by atoms with E-state index in [1.807, 2.05) is 4.98 Å². The summed E-state index contributed by atoms with van der Waals surface area (Å²) in [5, 5.41) is 56.3. The van der Waals surface area contributed by atoms with Gasteiger partial charge in [-0.05, 0) is 6.07 Å². The van der Waals surface area contributed by atoms with Gasteiger partial charge in [-0.1, -0.05) is 0 Å². The van der Waals surface area contributed by atoms with Gasteiger partial charge in [0.05, 0.1) is 26.1 Å². The number of phosphoric ester groups is 2. The molecule has 60 heavy (non-hydrogen) atoms. The Hall–Kier alpha value is -4.39. The molecule has 31 heteroatoms. The van der Waals surface area contributed by atoms with Crippen LogP contribution < -0.4 is 28.0 Å². The number of nitrogens with zero attached hydrogens (tertiary/aromatic N) is 7. The van der Waals surface area contributed by atoms with Gasteiger partial charge >= 0.3 is 27.0 Å². The Kier molecular flexibility index (Phi) is 12.5. The number of nitrogens with two attached hydrogens (primary N) is 1. The largest absolute Gasteiger partial charge is 0.472 e. The minimum Gasteiger partial charge on any atom is -0.394 e. The van der Waals surface area contributed by atoms with E-state index in [4.69, 9.17) is 38.0 Å². The first kappa shape index (κ1) is 43.7. The van der Waals surface area contributed by atoms with Crippen LogP contribution in [-0.2, 0) is 41.4 Å². The summed E-state index contributed by atoms with van der Waals surface area (Å²) in [7, 11) is -9.13. The molecule has 29 nitrogen and oxygen atoms in total. The number of hydrogen-bond acceptors (Lipinski definition) is 23. The number of phosphoric acid groups is 2. The lowest BCUT2D eigenvalue weighted by Gasteiger charge is -2.25. The highest BCUT2D eigenvalue weighted by Gasteiger charge is 2.53. The lowest BCUT2D eigenvalue weighted by Crippen LogP contribution is -2.38. The van der Waals surface area contributed by atoms with Crippen LogP contribution in [0.5, 0.6) is 0 Å². The van der Waals surface area contributed by atoms with Gasteiger partial charge in [0.25, 0.3) is 5.56 Å². The van der Waals surface area contributed by atoms with Gasteiger partial charge in [0.2, 0.25) is 0 Å². The number of aromatic nitrogens is 8. The average Bonchev–Trinajstić information content (AvgIpc) is 3.92. The number of nitrogens with one attached hydrogen (secondary N) is 2. The normalized spacial score (nSPS) is 32.6. The van der Waals surface area contributed by atoms with Crippen LogP contribution in [-0.4, -0.2) is 156 Å². The topological polar surface area (TPSA) is 412 Å². The fraction of sp³-hybridized carbons (Fsp3) is 0.552. The summed E-state index contributed by atoms with van der Waals surface area (Å²) in [6, 6.07) is 2.10. The van der Waals surface area contributed by atoms with E-state index in [-0.39, 0.29) is 17.0 Å². The van der Waals surface area contributed by atoms with Crippen molar-refractivity contribution >= 4 is 38.4 Å². The molecule has 0 aliphatic carbocycles. The van der Waals surface area contributed by atoms with Gasteiger partial charge in [-0.25, -0.2) is 33.7 Å². The van der Waals surface area contributed by atoms with E-state index in [1.54, 1.807) is 7.05 Å². The number of aliphatic hydroxyl groups is 5. The number of fused-ring (bicyclic) bond motifs is 1. The smallest absolute Gasteiger partial charge is 0.394 e. The molecule has 0 saturated carbocycles. The second-order valence-electron chi connectivity index (χ2n) is 13.4. The molecule has 328 valence electrons. The number of nitrogen functional groups attached to an aromatic ring is 1. The maximum atomic E-state index is 13.4. The number of rotatable bonds is 15. The first-order chi connectivity index (χ1) is 28.4. The molecule has 11 N–H and O–H groups in total. The standard InChI is InChI=1S/C29H38N10O19P2/c1-31-23-16-24(33-9-32-23)39(10-34-16)27-19(44)21(11(6-40)54-27)57-60(50,51)53-8-13-22(20(45)26(56-13)37-4-2-14(30)35-28(37)46)58-59(48,49)52-7-12-17(42)18(43)25(55-12)38-5-3-15(41)36-29(38)47/h2-5,9-13,17-22,25-27,40,42-45H,6-8H2,1H3,(H,48,49)(H,50,51)(H2,30,35,46)(H,31,32,33)(H,36,41,47)/t11-,12-,13-,17-,18-,19-,20-,21-,22-,25-,26-,27-/m1/s1. The van der Waals surface area contributed by atoms with E-state index in [0.717, 1.165) is 33.7 Å². The predicted octanol–water partition coefficient (Wildman–Crippen LogP) is -4.61. The van der Waals surface area contributed by atoms with E-state index in [2.05, 4.69) is 25.3 Å². The SMILES string of the molecule is CNc1ncnc2c1ncn2[C@@H]1O[C@H](CO)[C@@H](OP(=O)(O)OC[C@H]2O[C@@H](n3ccc(N)nc3=O)[C@H](O)[C@@H]2OP(=O)(O)OC[C@H]2O[C@@H](n3ccc(=O)[nH]c3=O)[C@H](O)[C@@H]2O)[C@H]1O. The quantitative estimate of drug-likeness (QED) is 0.0502. The van der Waals surface area contributed by atoms with Crippen molar-refractivity contribution in [2.75, 3.05) is 37.9 Å². The summed E-state index contributed by atoms with van der Waals surface area (Å²) in [6.45, 7) is -2.88. The number of aromatic amines is 1. The van der Waals surface area contributed by atoms with Crippen LogP contribution in [0.25, 0.3) is 11.2 Å². The number of ether oxygens (including phenoxy) is 3. The monoisotopic (exact) mass is 892 g/mol. The van der Waals surface area contributed by atoms with Gasteiger partial charge in [0.1, 0.15) is 72.6 Å². The third-order valence-corrected chi connectivity index (χ3v) is 11.5. The van der Waals surface area contributed by atoms with Crippen LogP contribution in [0.1, 0.15) is 18.7 Å². The molecule has 0 amide bonds. The molecule has 7 rings (SSSR count). The van der Waals surface area contributed by atoms with Crippen LogP contribution in [0.3, 0.4) is 0 Å². The van der Waals surface area contributed by atoms with E-state index in [0.29, 0.717) is 5.82 Å². The molecule has 3 saturated heterocycles. The van der Waals surface area contributed by atoms with Crippen molar-refractivity contribution < 1.29 is 76.8 Å². The van der Waals surface area contributed by atoms with Crippen LogP contribution >= 0.6 is 15.6 Å². The number of anilines is 2. The van der Waals surface area contributed by atoms with E-state index < -0.39 is 126 Å². The molecule has 14 atom stereocenters. The van der Waals surface area contributed by atoms with Crippen molar-refractivity contribution in [2.45, 2.75) is 73.6 Å². The Morgan fingerprint density at radius 3 is 2.02 bits per heavy atom. The molecule has 0 radical (unpaired) electrons. The molecule has 0 aromatic carbocycles. The average molecular weight is 893 g/mol. The Bertz CT molecular complexity index is 2470. The molecule has 3 aliphatic rings. The van der Waals surface area contributed by atoms with Crippen LogP contribution in [0.15, 0.2) is 51.6 Å². The lowest BCUT2D eigenvalue weighted by molar-refractivity contribution is -0.0642. The zero-order valence-electron chi connectivity index (χ0n) is 30.6. The maximum absolute atomic E-state index is 13.4. The Balaban J connectivity index is 1.05. The summed E-state index contributed by atoms with van der Waals surface area (Å²) in [5.74, 6) is 0.130. The molecule has 0 bridgehead atoms. The minimum atomic E-state index is -5.39. The summed E-state index contributed by atoms with van der Waals surface area (Å²) in [4.78, 5) is 75.8. The minimum absolute atomic E-state index is 0.189. The molecule has 3 aliphatic heterocycles. The molecule has 2 unspecified atom stereocenters. The Morgan fingerprint density at radius 2 is 1.38 bits per heavy atom. The molecular formula is C29H38N10O19P2. The van der Waals surface area contributed by atoms with Crippen molar-refractivity contribution in [1.82, 2.24) is 38.6 Å². The second-order valence-corrected chi connectivity index (χ2v) is 16.2. The van der Waals surface area contributed by atoms with Crippen molar-refractivity contribution in [3.63, 3.8) is 0 Å². The third-order valence-electron chi connectivity index (χ3n) is 9.57. The van der Waals surface area contributed by atoms with Gasteiger partial charge in [0, 0.05) is 25.5 Å². The summed E-state index contributed by atoms with van der Waals surface area (Å²) in [5.41, 5.74) is 3.22. The zero-order valence-corrected chi connectivity index (χ0v) is 32.4. The van der Waals surface area contributed by atoms with Gasteiger partial charge < -0.3 is 60.6 Å². The highest BCUT2D eigenvalue weighted by Crippen LogP contribution is 2.52. The van der Waals surface area contributed by atoms with Crippen LogP contribution in [0.2, 0.25) is 0 Å². The highest BCUT2D eigenvalue weighted by atomic mass is 31.2.